The van der Waals surface area contributed by atoms with E-state index in [9.17, 15) is 27.2 Å². The number of aromatic nitrogens is 6. The molecule has 0 spiro atoms. The van der Waals surface area contributed by atoms with Crippen molar-refractivity contribution in [2.45, 2.75) is 56.9 Å². The van der Waals surface area contributed by atoms with Crippen molar-refractivity contribution in [3.63, 3.8) is 0 Å². The van der Waals surface area contributed by atoms with Crippen LogP contribution < -0.4 is 5.32 Å². The summed E-state index contributed by atoms with van der Waals surface area (Å²) in [4.78, 5) is 12.4. The number of imidazole rings is 1. The zero-order chi connectivity index (χ0) is 26.2. The van der Waals surface area contributed by atoms with Gasteiger partial charge in [0.2, 0.25) is 5.95 Å². The van der Waals surface area contributed by atoms with E-state index in [0.717, 1.165) is 47.4 Å². The first-order valence-electron chi connectivity index (χ1n) is 11.6. The number of nitrogens with zero attached hydrogens (tertiary/aromatic N) is 7. The summed E-state index contributed by atoms with van der Waals surface area (Å²) in [6.07, 6.45) is 0.219. The number of anilines is 1. The number of fused-ring (bicyclic) bond motifs is 1. The molecule has 0 saturated heterocycles. The highest BCUT2D eigenvalue weighted by Gasteiger charge is 2.36. The number of nitrogens with one attached hydrogen (secondary N) is 1. The topological polar surface area (TPSA) is 97.2 Å². The number of hydrogen-bond donors (Lipinski definition) is 1. The molecule has 0 bridgehead atoms. The second-order valence-electron chi connectivity index (χ2n) is 8.89. The second-order valence-corrected chi connectivity index (χ2v) is 8.89. The molecule has 1 aromatic carbocycles. The molecule has 1 saturated carbocycles. The van der Waals surface area contributed by atoms with Crippen molar-refractivity contribution in [3.05, 3.63) is 54.2 Å². The second kappa shape index (κ2) is 9.76. The van der Waals surface area contributed by atoms with Crippen LogP contribution in [-0.2, 0) is 12.7 Å². The van der Waals surface area contributed by atoms with Crippen LogP contribution in [0.25, 0.3) is 22.3 Å². The molecule has 2 atom stereocenters. The van der Waals surface area contributed by atoms with E-state index in [0.29, 0.717) is 18.2 Å². The van der Waals surface area contributed by atoms with Gasteiger partial charge in [-0.15, -0.1) is 0 Å². The Labute approximate surface area is 207 Å². The Morgan fingerprint density at radius 2 is 2.00 bits per heavy atom. The highest BCUT2D eigenvalue weighted by atomic mass is 19.4. The molecule has 1 fully saturated rings. The Hall–Kier alpha value is -4.08. The van der Waals surface area contributed by atoms with E-state index in [1.807, 2.05) is 10.6 Å². The van der Waals surface area contributed by atoms with Crippen LogP contribution in [0.4, 0.5) is 27.9 Å². The number of hydrogen-bond acceptors (Lipinski definition) is 6. The Balaban J connectivity index is 1.40. The molecule has 3 aromatic heterocycles. The predicted molar refractivity (Wildman–Crippen MR) is 124 cm³/mol. The molecule has 1 N–H and O–H groups in total. The molecule has 192 valence electrons. The number of alkyl halides is 5. The average Bonchev–Trinajstić information content (AvgIpc) is 3.50. The number of para-hydroxylation sites is 1. The lowest BCUT2D eigenvalue weighted by Crippen LogP contribution is -2.29. The summed E-state index contributed by atoms with van der Waals surface area (Å²) in [7, 11) is 0. The van der Waals surface area contributed by atoms with E-state index < -0.39 is 30.4 Å². The van der Waals surface area contributed by atoms with Crippen molar-refractivity contribution < 1.29 is 22.0 Å². The maximum absolute atomic E-state index is 13.7. The smallest absolute Gasteiger partial charge is 0.351 e. The van der Waals surface area contributed by atoms with Crippen LogP contribution in [0.5, 0.6) is 0 Å². The van der Waals surface area contributed by atoms with Crippen LogP contribution in [0.1, 0.15) is 42.9 Å². The summed E-state index contributed by atoms with van der Waals surface area (Å²) >= 11 is 0. The van der Waals surface area contributed by atoms with Crippen molar-refractivity contribution in [3.8, 4) is 17.3 Å². The van der Waals surface area contributed by atoms with E-state index in [2.05, 4.69) is 31.4 Å². The first kappa shape index (κ1) is 24.6. The van der Waals surface area contributed by atoms with Crippen LogP contribution in [0.3, 0.4) is 0 Å². The molecule has 0 amide bonds. The van der Waals surface area contributed by atoms with Crippen LogP contribution in [0.2, 0.25) is 0 Å². The Bertz CT molecular complexity index is 1450. The number of nitriles is 1. The van der Waals surface area contributed by atoms with Crippen molar-refractivity contribution in [2.24, 2.45) is 0 Å². The van der Waals surface area contributed by atoms with E-state index >= 15 is 0 Å². The Morgan fingerprint density at radius 3 is 2.76 bits per heavy atom. The lowest BCUT2D eigenvalue weighted by molar-refractivity contribution is -0.137. The normalized spacial score (nSPS) is 18.3. The maximum Gasteiger partial charge on any atom is 0.419 e. The SMILES string of the molecule is N#Cc1cccc2ncn(C3CCCC(Nc4ncc(C(F)(F)F)c(-c5cnn(CC(F)F)c5)n4)C3)c12. The van der Waals surface area contributed by atoms with Gasteiger partial charge < -0.3 is 9.88 Å². The van der Waals surface area contributed by atoms with Crippen LogP contribution in [0, 0.1) is 11.3 Å². The minimum Gasteiger partial charge on any atom is -0.351 e. The van der Waals surface area contributed by atoms with Gasteiger partial charge in [-0.2, -0.15) is 23.5 Å². The van der Waals surface area contributed by atoms with Gasteiger partial charge in [-0.25, -0.2) is 23.7 Å². The molecule has 1 aliphatic carbocycles. The highest BCUT2D eigenvalue weighted by molar-refractivity contribution is 5.81. The molecule has 2 unspecified atom stereocenters. The van der Waals surface area contributed by atoms with Gasteiger partial charge in [0, 0.05) is 30.0 Å². The molecular formula is C24H21F5N8. The van der Waals surface area contributed by atoms with Crippen molar-refractivity contribution in [1.82, 2.24) is 29.3 Å². The van der Waals surface area contributed by atoms with Crippen molar-refractivity contribution >= 4 is 17.0 Å². The van der Waals surface area contributed by atoms with E-state index in [4.69, 9.17) is 0 Å². The van der Waals surface area contributed by atoms with Gasteiger partial charge in [0.15, 0.2) is 0 Å². The third-order valence-electron chi connectivity index (χ3n) is 6.41. The summed E-state index contributed by atoms with van der Waals surface area (Å²) in [5.74, 6) is 0.00321. The summed E-state index contributed by atoms with van der Waals surface area (Å²) < 4.78 is 69.2. The fourth-order valence-electron chi connectivity index (χ4n) is 4.79. The molecule has 5 rings (SSSR count). The minimum absolute atomic E-state index is 0.00321. The first-order valence-corrected chi connectivity index (χ1v) is 11.6. The van der Waals surface area contributed by atoms with Gasteiger partial charge in [-0.1, -0.05) is 6.07 Å². The summed E-state index contributed by atoms with van der Waals surface area (Å²) in [5, 5.41) is 16.4. The van der Waals surface area contributed by atoms with Gasteiger partial charge in [-0.05, 0) is 37.8 Å². The third kappa shape index (κ3) is 5.09. The fourth-order valence-corrected chi connectivity index (χ4v) is 4.79. The molecule has 0 aliphatic heterocycles. The monoisotopic (exact) mass is 516 g/mol. The molecule has 1 aliphatic rings. The lowest BCUT2D eigenvalue weighted by Gasteiger charge is -2.31. The number of benzene rings is 1. The zero-order valence-corrected chi connectivity index (χ0v) is 19.3. The number of rotatable bonds is 6. The average molecular weight is 516 g/mol. The summed E-state index contributed by atoms with van der Waals surface area (Å²) in [6.45, 7) is -0.739. The molecule has 4 aromatic rings. The molecule has 0 radical (unpaired) electrons. The molecule has 13 heteroatoms. The summed E-state index contributed by atoms with van der Waals surface area (Å²) in [6, 6.07) is 7.43. The van der Waals surface area contributed by atoms with E-state index in [1.165, 1.54) is 0 Å². The standard InChI is InChI=1S/C24H21F5N8/c25-20(26)12-36-11-15(9-33-36)21-18(24(27,28)29)10-31-23(35-21)34-16-4-2-5-17(7-16)37-13-32-19-6-1-3-14(8-30)22(19)37/h1,3,6,9-11,13,16-17,20H,2,4-5,7,12H2,(H,31,34,35). The Morgan fingerprint density at radius 1 is 1.16 bits per heavy atom. The van der Waals surface area contributed by atoms with Gasteiger partial charge in [-0.3, -0.25) is 4.68 Å². The predicted octanol–water partition coefficient (Wildman–Crippen LogP) is 5.44. The van der Waals surface area contributed by atoms with E-state index in [-0.39, 0.29) is 23.6 Å². The van der Waals surface area contributed by atoms with Gasteiger partial charge in [0.05, 0.1) is 34.8 Å². The lowest BCUT2D eigenvalue weighted by atomic mass is 9.90. The first-order chi connectivity index (χ1) is 17.7. The molecular weight excluding hydrogens is 495 g/mol. The van der Waals surface area contributed by atoms with Crippen LogP contribution >= 0.6 is 0 Å². The summed E-state index contributed by atoms with van der Waals surface area (Å²) in [5.41, 5.74) is 0.450. The van der Waals surface area contributed by atoms with Crippen LogP contribution in [-0.4, -0.2) is 41.8 Å². The minimum atomic E-state index is -4.74. The molecule has 3 heterocycles. The van der Waals surface area contributed by atoms with E-state index in [1.54, 1.807) is 18.5 Å². The zero-order valence-electron chi connectivity index (χ0n) is 19.3. The van der Waals surface area contributed by atoms with Gasteiger partial charge in [0.1, 0.15) is 18.2 Å². The number of halogens is 5. The van der Waals surface area contributed by atoms with Crippen molar-refractivity contribution in [1.29, 1.82) is 5.26 Å². The maximum atomic E-state index is 13.7. The molecule has 8 nitrogen and oxygen atoms in total. The van der Waals surface area contributed by atoms with Crippen molar-refractivity contribution in [2.75, 3.05) is 5.32 Å². The van der Waals surface area contributed by atoms with Gasteiger partial charge in [0.25, 0.3) is 6.43 Å². The quantitative estimate of drug-likeness (QED) is 0.343. The van der Waals surface area contributed by atoms with Gasteiger partial charge >= 0.3 is 6.18 Å². The fraction of sp³-hybridized carbons (Fsp3) is 0.375. The largest absolute Gasteiger partial charge is 0.419 e. The third-order valence-corrected chi connectivity index (χ3v) is 6.41. The highest BCUT2D eigenvalue weighted by Crippen LogP contribution is 2.37. The Kier molecular flexibility index (Phi) is 6.49. The van der Waals surface area contributed by atoms with Crippen LogP contribution in [0.15, 0.2) is 43.1 Å². The molecule has 37 heavy (non-hydrogen) atoms.